The fourth-order valence-corrected chi connectivity index (χ4v) is 2.36. The summed E-state index contributed by atoms with van der Waals surface area (Å²) in [4.78, 5) is 19.7. The summed E-state index contributed by atoms with van der Waals surface area (Å²) in [7, 11) is 0. The van der Waals surface area contributed by atoms with Crippen LogP contribution in [0.3, 0.4) is 0 Å². The largest absolute Gasteiger partial charge is 0.508 e. The third kappa shape index (κ3) is 4.75. The van der Waals surface area contributed by atoms with Crippen molar-refractivity contribution in [1.82, 2.24) is 9.97 Å². The Balaban J connectivity index is 0.000000185. The van der Waals surface area contributed by atoms with Gasteiger partial charge in [0.05, 0.1) is 23.7 Å². The van der Waals surface area contributed by atoms with Gasteiger partial charge < -0.3 is 10.2 Å². The van der Waals surface area contributed by atoms with Crippen LogP contribution in [0, 0.1) is 12.8 Å². The highest BCUT2D eigenvalue weighted by atomic mass is 79.9. The van der Waals surface area contributed by atoms with Crippen LogP contribution in [-0.2, 0) is 5.33 Å². The molecule has 1 aromatic heterocycles. The first-order valence-electron chi connectivity index (χ1n) is 7.02. The maximum Gasteiger partial charge on any atom is 0.169 e. The van der Waals surface area contributed by atoms with Gasteiger partial charge in [-0.15, -0.1) is 0 Å². The van der Waals surface area contributed by atoms with Crippen LogP contribution in [0.5, 0.6) is 11.5 Å². The van der Waals surface area contributed by atoms with Crippen LogP contribution >= 0.6 is 31.9 Å². The van der Waals surface area contributed by atoms with Crippen molar-refractivity contribution in [2.45, 2.75) is 25.1 Å². The van der Waals surface area contributed by atoms with Crippen LogP contribution in [0.4, 0.5) is 0 Å². The Morgan fingerprint density at radius 1 is 1.26 bits per heavy atom. The highest BCUT2D eigenvalue weighted by Crippen LogP contribution is 2.37. The van der Waals surface area contributed by atoms with E-state index in [9.17, 15) is 15.0 Å². The lowest BCUT2D eigenvalue weighted by atomic mass is 10.0. The van der Waals surface area contributed by atoms with Crippen LogP contribution in [0.15, 0.2) is 29.1 Å². The molecule has 0 spiro atoms. The molecule has 0 amide bonds. The predicted octanol–water partition coefficient (Wildman–Crippen LogP) is 4.13. The summed E-state index contributed by atoms with van der Waals surface area (Å²) in [5, 5.41) is 19.7. The van der Waals surface area contributed by atoms with Gasteiger partial charge in [-0.2, -0.15) is 0 Å². The lowest BCUT2D eigenvalue weighted by Gasteiger charge is -2.06. The quantitative estimate of drug-likeness (QED) is 0.550. The van der Waals surface area contributed by atoms with Gasteiger partial charge in [0.2, 0.25) is 0 Å². The van der Waals surface area contributed by atoms with E-state index in [4.69, 9.17) is 0 Å². The molecule has 1 aliphatic rings. The van der Waals surface area contributed by atoms with Crippen LogP contribution in [0.2, 0.25) is 0 Å². The maximum absolute atomic E-state index is 11.6. The number of phenols is 2. The van der Waals surface area contributed by atoms with Crippen LogP contribution in [0.25, 0.3) is 0 Å². The van der Waals surface area contributed by atoms with Crippen molar-refractivity contribution in [1.29, 1.82) is 0 Å². The summed E-state index contributed by atoms with van der Waals surface area (Å²) in [5.41, 5.74) is 1.65. The second kappa shape index (κ2) is 7.88. The predicted molar refractivity (Wildman–Crippen MR) is 93.9 cm³/mol. The lowest BCUT2D eigenvalue weighted by Crippen LogP contribution is -2.02. The van der Waals surface area contributed by atoms with Crippen LogP contribution in [0.1, 0.15) is 34.5 Å². The monoisotopic (exact) mass is 442 g/mol. The number of halogens is 2. The number of carbonyl (C=O) groups excluding carboxylic acids is 1. The van der Waals surface area contributed by atoms with E-state index in [2.05, 4.69) is 41.8 Å². The maximum atomic E-state index is 11.6. The standard InChI is InChI=1S/C11H12O3.C5H4Br2N2/c1-6-9(12)5-4-8(10(6)13)11(14)7-2-3-7;6-1-4-2-9-5(7)3-8-4/h4-5,7,12-13H,2-3H2,1H3;2-3H,1H2. The summed E-state index contributed by atoms with van der Waals surface area (Å²) in [6.07, 6.45) is 5.23. The Labute approximate surface area is 151 Å². The average Bonchev–Trinajstić information content (AvgIpc) is 3.38. The number of nitrogens with zero attached hydrogens (tertiary/aromatic N) is 2. The fourth-order valence-electron chi connectivity index (χ4n) is 1.86. The first-order valence-corrected chi connectivity index (χ1v) is 8.93. The van der Waals surface area contributed by atoms with E-state index in [1.165, 1.54) is 12.1 Å². The second-order valence-electron chi connectivity index (χ2n) is 5.21. The van der Waals surface area contributed by atoms with Gasteiger partial charge in [-0.05, 0) is 47.8 Å². The van der Waals surface area contributed by atoms with Crippen molar-refractivity contribution in [3.05, 3.63) is 46.0 Å². The molecule has 0 bridgehead atoms. The Morgan fingerprint density at radius 2 is 1.96 bits per heavy atom. The number of hydrogen-bond donors (Lipinski definition) is 2. The van der Waals surface area contributed by atoms with E-state index in [1.807, 2.05) is 0 Å². The van der Waals surface area contributed by atoms with Gasteiger partial charge in [-0.25, -0.2) is 4.98 Å². The van der Waals surface area contributed by atoms with Crippen molar-refractivity contribution in [2.75, 3.05) is 0 Å². The highest BCUT2D eigenvalue weighted by Gasteiger charge is 2.32. The van der Waals surface area contributed by atoms with E-state index in [1.54, 1.807) is 19.3 Å². The number of Topliss-reactive ketones (excluding diaryl/α,β-unsaturated/α-hetero) is 1. The molecule has 0 atom stereocenters. The van der Waals surface area contributed by atoms with Crippen molar-refractivity contribution in [2.24, 2.45) is 5.92 Å². The molecule has 7 heteroatoms. The topological polar surface area (TPSA) is 83.3 Å². The molecule has 0 unspecified atom stereocenters. The molecule has 0 saturated heterocycles. The number of ketones is 1. The smallest absolute Gasteiger partial charge is 0.169 e. The molecular formula is C16H16Br2N2O3. The Morgan fingerprint density at radius 3 is 2.48 bits per heavy atom. The summed E-state index contributed by atoms with van der Waals surface area (Å²) in [6, 6.07) is 2.93. The minimum Gasteiger partial charge on any atom is -0.508 e. The first-order chi connectivity index (χ1) is 10.9. The van der Waals surface area contributed by atoms with Crippen molar-refractivity contribution >= 4 is 37.6 Å². The number of hydrogen-bond acceptors (Lipinski definition) is 5. The fraction of sp³-hybridized carbons (Fsp3) is 0.312. The van der Waals surface area contributed by atoms with Gasteiger partial charge in [-0.3, -0.25) is 9.78 Å². The Kier molecular flexibility index (Phi) is 6.12. The van der Waals surface area contributed by atoms with Gasteiger partial charge in [-0.1, -0.05) is 15.9 Å². The molecule has 1 fully saturated rings. The third-order valence-corrected chi connectivity index (χ3v) is 4.41. The number of carbonyl (C=O) groups is 1. The zero-order chi connectivity index (χ0) is 17.0. The molecule has 3 rings (SSSR count). The van der Waals surface area contributed by atoms with E-state index in [0.29, 0.717) is 11.1 Å². The summed E-state index contributed by atoms with van der Waals surface area (Å²) < 4.78 is 0.771. The third-order valence-electron chi connectivity index (χ3n) is 3.43. The number of aromatic hydroxyl groups is 2. The molecule has 0 radical (unpaired) electrons. The minimum absolute atomic E-state index is 0.00870. The molecule has 23 heavy (non-hydrogen) atoms. The van der Waals surface area contributed by atoms with E-state index in [-0.39, 0.29) is 23.2 Å². The van der Waals surface area contributed by atoms with Crippen molar-refractivity contribution < 1.29 is 15.0 Å². The molecule has 2 aromatic rings. The van der Waals surface area contributed by atoms with Crippen molar-refractivity contribution in [3.63, 3.8) is 0 Å². The zero-order valence-electron chi connectivity index (χ0n) is 12.5. The normalized spacial score (nSPS) is 13.2. The van der Waals surface area contributed by atoms with E-state index >= 15 is 0 Å². The minimum atomic E-state index is -0.0816. The lowest BCUT2D eigenvalue weighted by molar-refractivity contribution is 0.0965. The summed E-state index contributed by atoms with van der Waals surface area (Å²) in [6.45, 7) is 1.59. The second-order valence-corrected chi connectivity index (χ2v) is 6.58. The molecule has 1 saturated carbocycles. The van der Waals surface area contributed by atoms with Gasteiger partial charge in [0.1, 0.15) is 16.1 Å². The number of phenolic OH excluding ortho intramolecular Hbond substituents is 2. The van der Waals surface area contributed by atoms with E-state index < -0.39 is 0 Å². The van der Waals surface area contributed by atoms with Gasteiger partial charge in [0, 0.05) is 16.8 Å². The summed E-state index contributed by atoms with van der Waals surface area (Å²) >= 11 is 6.45. The molecular weight excluding hydrogens is 428 g/mol. The zero-order valence-corrected chi connectivity index (χ0v) is 15.6. The van der Waals surface area contributed by atoms with Crippen molar-refractivity contribution in [3.8, 4) is 11.5 Å². The molecule has 1 aliphatic carbocycles. The number of rotatable bonds is 3. The molecule has 122 valence electrons. The average molecular weight is 444 g/mol. The van der Waals surface area contributed by atoms with Crippen LogP contribution < -0.4 is 0 Å². The number of alkyl halides is 1. The highest BCUT2D eigenvalue weighted by molar-refractivity contribution is 9.10. The SMILES string of the molecule is BrCc1cnc(Br)cn1.Cc1c(O)ccc(C(=O)C2CC2)c1O. The molecule has 1 aromatic carbocycles. The molecule has 1 heterocycles. The Hall–Kier alpha value is -1.47. The molecule has 2 N–H and O–H groups in total. The number of benzene rings is 1. The Bertz CT molecular complexity index is 701. The number of aromatic nitrogens is 2. The van der Waals surface area contributed by atoms with Crippen LogP contribution in [-0.4, -0.2) is 26.0 Å². The molecule has 0 aliphatic heterocycles. The van der Waals surface area contributed by atoms with Gasteiger partial charge >= 0.3 is 0 Å². The van der Waals surface area contributed by atoms with E-state index in [0.717, 1.165) is 28.5 Å². The van der Waals surface area contributed by atoms with Gasteiger partial charge in [0.25, 0.3) is 0 Å². The summed E-state index contributed by atoms with van der Waals surface area (Å²) in [5.74, 6) is 0.0205. The van der Waals surface area contributed by atoms with Gasteiger partial charge in [0.15, 0.2) is 5.78 Å². The first kappa shape index (κ1) is 17.9. The molecule has 5 nitrogen and oxygen atoms in total.